The fourth-order valence-corrected chi connectivity index (χ4v) is 2.11. The second kappa shape index (κ2) is 5.14. The molecule has 0 aromatic carbocycles. The Morgan fingerprint density at radius 1 is 1.50 bits per heavy atom. The number of hydrogen-bond donors (Lipinski definition) is 0. The van der Waals surface area contributed by atoms with Gasteiger partial charge in [0.15, 0.2) is 0 Å². The number of aromatic nitrogens is 1. The minimum absolute atomic E-state index is 0.448. The zero-order valence-electron chi connectivity index (χ0n) is 9.23. The molecule has 0 aliphatic rings. The van der Waals surface area contributed by atoms with E-state index in [4.69, 9.17) is 13.9 Å². The molecule has 5 heteroatoms. The van der Waals surface area contributed by atoms with Crippen LogP contribution in [-0.2, 0) is 11.3 Å². The SMILES string of the molecule is CCOc1nc(-c2ccoc2COC)cs1. The summed E-state index contributed by atoms with van der Waals surface area (Å²) in [4.78, 5) is 4.37. The normalized spacial score (nSPS) is 10.6. The molecule has 86 valence electrons. The first-order valence-electron chi connectivity index (χ1n) is 4.99. The van der Waals surface area contributed by atoms with Gasteiger partial charge in [-0.05, 0) is 13.0 Å². The van der Waals surface area contributed by atoms with Crippen LogP contribution in [0.4, 0.5) is 0 Å². The average Bonchev–Trinajstić information content (AvgIpc) is 2.87. The highest BCUT2D eigenvalue weighted by molar-refractivity contribution is 7.11. The smallest absolute Gasteiger partial charge is 0.273 e. The van der Waals surface area contributed by atoms with Crippen molar-refractivity contribution < 1.29 is 13.9 Å². The van der Waals surface area contributed by atoms with Crippen LogP contribution in [0.25, 0.3) is 11.3 Å². The summed E-state index contributed by atoms with van der Waals surface area (Å²) in [6.45, 7) is 3.02. The van der Waals surface area contributed by atoms with E-state index < -0.39 is 0 Å². The van der Waals surface area contributed by atoms with Gasteiger partial charge in [0.1, 0.15) is 12.4 Å². The molecule has 0 spiro atoms. The average molecular weight is 239 g/mol. The number of thiazole rings is 1. The molecule has 2 rings (SSSR count). The molecule has 0 aliphatic carbocycles. The Bertz CT molecular complexity index is 450. The lowest BCUT2D eigenvalue weighted by Crippen LogP contribution is -1.91. The molecule has 0 amide bonds. The van der Waals surface area contributed by atoms with Crippen LogP contribution in [0.3, 0.4) is 0 Å². The third-order valence-electron chi connectivity index (χ3n) is 2.05. The molecule has 2 heterocycles. The maximum atomic E-state index is 5.33. The van der Waals surface area contributed by atoms with Gasteiger partial charge in [0.05, 0.1) is 18.6 Å². The van der Waals surface area contributed by atoms with Crippen LogP contribution in [0.5, 0.6) is 5.19 Å². The molecule has 0 unspecified atom stereocenters. The highest BCUT2D eigenvalue weighted by Gasteiger charge is 2.12. The number of furan rings is 1. The predicted molar refractivity (Wildman–Crippen MR) is 61.7 cm³/mol. The summed E-state index contributed by atoms with van der Waals surface area (Å²) >= 11 is 1.48. The number of nitrogens with zero attached hydrogens (tertiary/aromatic N) is 1. The Morgan fingerprint density at radius 3 is 3.12 bits per heavy atom. The first kappa shape index (κ1) is 11.2. The van der Waals surface area contributed by atoms with Crippen molar-refractivity contribution in [3.05, 3.63) is 23.5 Å². The van der Waals surface area contributed by atoms with Gasteiger partial charge < -0.3 is 13.9 Å². The van der Waals surface area contributed by atoms with E-state index in [2.05, 4.69) is 4.98 Å². The van der Waals surface area contributed by atoms with Crippen LogP contribution >= 0.6 is 11.3 Å². The molecule has 0 aliphatic heterocycles. The van der Waals surface area contributed by atoms with Crippen molar-refractivity contribution in [2.24, 2.45) is 0 Å². The van der Waals surface area contributed by atoms with Crippen molar-refractivity contribution in [1.82, 2.24) is 4.98 Å². The largest absolute Gasteiger partial charge is 0.470 e. The number of ether oxygens (including phenoxy) is 2. The molecule has 0 bridgehead atoms. The highest BCUT2D eigenvalue weighted by Crippen LogP contribution is 2.29. The summed E-state index contributed by atoms with van der Waals surface area (Å²) in [5, 5.41) is 2.64. The van der Waals surface area contributed by atoms with E-state index in [1.54, 1.807) is 13.4 Å². The van der Waals surface area contributed by atoms with Crippen LogP contribution in [0.1, 0.15) is 12.7 Å². The van der Waals surface area contributed by atoms with Crippen molar-refractivity contribution in [2.75, 3.05) is 13.7 Å². The zero-order valence-corrected chi connectivity index (χ0v) is 10.0. The van der Waals surface area contributed by atoms with Gasteiger partial charge in [-0.1, -0.05) is 11.3 Å². The quantitative estimate of drug-likeness (QED) is 0.804. The van der Waals surface area contributed by atoms with Gasteiger partial charge in [-0.15, -0.1) is 0 Å². The topological polar surface area (TPSA) is 44.5 Å². The Labute approximate surface area is 97.8 Å². The lowest BCUT2D eigenvalue weighted by atomic mass is 10.2. The minimum atomic E-state index is 0.448. The highest BCUT2D eigenvalue weighted by atomic mass is 32.1. The van der Waals surface area contributed by atoms with E-state index in [0.717, 1.165) is 17.0 Å². The molecular weight excluding hydrogens is 226 g/mol. The van der Waals surface area contributed by atoms with E-state index in [-0.39, 0.29) is 0 Å². The summed E-state index contributed by atoms with van der Waals surface area (Å²) in [5.74, 6) is 0.788. The fourth-order valence-electron chi connectivity index (χ4n) is 1.38. The molecule has 0 atom stereocenters. The van der Waals surface area contributed by atoms with Gasteiger partial charge in [0.25, 0.3) is 5.19 Å². The third-order valence-corrected chi connectivity index (χ3v) is 2.80. The van der Waals surface area contributed by atoms with Crippen molar-refractivity contribution in [3.8, 4) is 16.5 Å². The molecule has 0 fully saturated rings. The van der Waals surface area contributed by atoms with Gasteiger partial charge in [-0.2, -0.15) is 0 Å². The summed E-state index contributed by atoms with van der Waals surface area (Å²) in [6.07, 6.45) is 1.64. The Kier molecular flexibility index (Phi) is 3.58. The monoisotopic (exact) mass is 239 g/mol. The van der Waals surface area contributed by atoms with Crippen LogP contribution < -0.4 is 4.74 Å². The summed E-state index contributed by atoms with van der Waals surface area (Å²) in [7, 11) is 1.64. The predicted octanol–water partition coefficient (Wildman–Crippen LogP) is 2.95. The first-order valence-corrected chi connectivity index (χ1v) is 5.87. The summed E-state index contributed by atoms with van der Waals surface area (Å²) in [6, 6.07) is 1.89. The van der Waals surface area contributed by atoms with E-state index >= 15 is 0 Å². The maximum Gasteiger partial charge on any atom is 0.273 e. The molecular formula is C11H13NO3S. The fraction of sp³-hybridized carbons (Fsp3) is 0.364. The van der Waals surface area contributed by atoms with E-state index in [1.807, 2.05) is 18.4 Å². The Balaban J connectivity index is 2.24. The number of hydrogen-bond acceptors (Lipinski definition) is 5. The van der Waals surface area contributed by atoms with Gasteiger partial charge in [0, 0.05) is 18.1 Å². The second-order valence-corrected chi connectivity index (χ2v) is 3.94. The second-order valence-electron chi connectivity index (χ2n) is 3.12. The van der Waals surface area contributed by atoms with Crippen LogP contribution in [0.2, 0.25) is 0 Å². The van der Waals surface area contributed by atoms with Crippen molar-refractivity contribution in [1.29, 1.82) is 0 Å². The van der Waals surface area contributed by atoms with Gasteiger partial charge >= 0.3 is 0 Å². The molecule has 0 saturated carbocycles. The van der Waals surface area contributed by atoms with E-state index in [0.29, 0.717) is 18.4 Å². The molecule has 0 radical (unpaired) electrons. The van der Waals surface area contributed by atoms with Crippen LogP contribution in [-0.4, -0.2) is 18.7 Å². The maximum absolute atomic E-state index is 5.33. The minimum Gasteiger partial charge on any atom is -0.470 e. The standard InChI is InChI=1S/C11H13NO3S/c1-3-14-11-12-9(7-16-11)8-4-5-15-10(8)6-13-2/h4-5,7H,3,6H2,1-2H3. The van der Waals surface area contributed by atoms with E-state index in [1.165, 1.54) is 11.3 Å². The molecule has 2 aromatic rings. The summed E-state index contributed by atoms with van der Waals surface area (Å²) in [5.41, 5.74) is 1.83. The molecule has 16 heavy (non-hydrogen) atoms. The van der Waals surface area contributed by atoms with Crippen molar-refractivity contribution in [2.45, 2.75) is 13.5 Å². The molecule has 2 aromatic heterocycles. The van der Waals surface area contributed by atoms with Gasteiger partial charge in [0.2, 0.25) is 0 Å². The molecule has 4 nitrogen and oxygen atoms in total. The first-order chi connectivity index (χ1) is 7.85. The molecule has 0 saturated heterocycles. The van der Waals surface area contributed by atoms with Crippen molar-refractivity contribution in [3.63, 3.8) is 0 Å². The number of methoxy groups -OCH3 is 1. The van der Waals surface area contributed by atoms with Gasteiger partial charge in [-0.3, -0.25) is 0 Å². The Morgan fingerprint density at radius 2 is 2.38 bits per heavy atom. The van der Waals surface area contributed by atoms with Gasteiger partial charge in [-0.25, -0.2) is 4.98 Å². The zero-order chi connectivity index (χ0) is 11.4. The lowest BCUT2D eigenvalue weighted by molar-refractivity contribution is 0.165. The lowest BCUT2D eigenvalue weighted by Gasteiger charge is -1.98. The number of rotatable bonds is 5. The van der Waals surface area contributed by atoms with Crippen molar-refractivity contribution >= 4 is 11.3 Å². The van der Waals surface area contributed by atoms with Crippen LogP contribution in [0, 0.1) is 0 Å². The Hall–Kier alpha value is -1.33. The summed E-state index contributed by atoms with van der Waals surface area (Å²) < 4.78 is 15.7. The third kappa shape index (κ3) is 2.25. The molecule has 0 N–H and O–H groups in total. The van der Waals surface area contributed by atoms with E-state index in [9.17, 15) is 0 Å². The van der Waals surface area contributed by atoms with Crippen LogP contribution in [0.15, 0.2) is 22.1 Å².